The third kappa shape index (κ3) is 3.16. The number of rotatable bonds is 3. The first-order valence-electron chi connectivity index (χ1n) is 10.00. The molecule has 2 aromatic carbocycles. The number of hydrogen-bond donors (Lipinski definition) is 3. The van der Waals surface area contributed by atoms with Gasteiger partial charge in [0.05, 0.1) is 21.3 Å². The first-order valence-corrected chi connectivity index (χ1v) is 10.9. The molecule has 0 spiro atoms. The summed E-state index contributed by atoms with van der Waals surface area (Å²) in [5.41, 5.74) is 14.1. The number of thiazole rings is 1. The summed E-state index contributed by atoms with van der Waals surface area (Å²) in [5.74, 6) is 0.00976. The number of anilines is 1. The van der Waals surface area contributed by atoms with Gasteiger partial charge in [0.2, 0.25) is 0 Å². The van der Waals surface area contributed by atoms with E-state index in [0.717, 1.165) is 57.4 Å². The summed E-state index contributed by atoms with van der Waals surface area (Å²) in [6.07, 6.45) is 5.44. The summed E-state index contributed by atoms with van der Waals surface area (Å²) in [6, 6.07) is 11.0. The molecule has 6 heteroatoms. The van der Waals surface area contributed by atoms with Crippen LogP contribution in [0.4, 0.5) is 5.69 Å². The van der Waals surface area contributed by atoms with Gasteiger partial charge in [0.25, 0.3) is 5.91 Å². The molecule has 1 aliphatic carbocycles. The first kappa shape index (κ1) is 17.6. The van der Waals surface area contributed by atoms with Crippen LogP contribution < -0.4 is 16.4 Å². The Bertz CT molecular complexity index is 1040. The zero-order chi connectivity index (χ0) is 19.1. The van der Waals surface area contributed by atoms with Crippen molar-refractivity contribution in [2.45, 2.75) is 44.2 Å². The number of hydrogen-bond acceptors (Lipinski definition) is 5. The lowest BCUT2D eigenvalue weighted by Gasteiger charge is -2.31. The quantitative estimate of drug-likeness (QED) is 0.631. The Hall–Kier alpha value is -2.44. The van der Waals surface area contributed by atoms with E-state index in [0.29, 0.717) is 6.54 Å². The maximum Gasteiger partial charge on any atom is 0.252 e. The van der Waals surface area contributed by atoms with E-state index in [-0.39, 0.29) is 18.0 Å². The lowest BCUT2D eigenvalue weighted by Crippen LogP contribution is -2.42. The highest BCUT2D eigenvalue weighted by Gasteiger charge is 2.25. The summed E-state index contributed by atoms with van der Waals surface area (Å²) in [5, 5.41) is 6.66. The van der Waals surface area contributed by atoms with Gasteiger partial charge < -0.3 is 16.4 Å². The Morgan fingerprint density at radius 1 is 1.18 bits per heavy atom. The molecule has 0 saturated heterocycles. The van der Waals surface area contributed by atoms with E-state index in [4.69, 9.17) is 5.73 Å². The van der Waals surface area contributed by atoms with Gasteiger partial charge in [0.15, 0.2) is 0 Å². The van der Waals surface area contributed by atoms with Crippen molar-refractivity contribution in [2.75, 3.05) is 11.9 Å². The van der Waals surface area contributed by atoms with Crippen LogP contribution in [-0.4, -0.2) is 29.5 Å². The number of benzene rings is 2. The van der Waals surface area contributed by atoms with Crippen molar-refractivity contribution in [1.29, 1.82) is 0 Å². The van der Waals surface area contributed by atoms with Crippen LogP contribution in [0.3, 0.4) is 0 Å². The number of carbonyl (C=O) groups is 1. The molecule has 5 nitrogen and oxygen atoms in total. The molecular weight excluding hydrogens is 368 g/mol. The Balaban J connectivity index is 1.60. The van der Waals surface area contributed by atoms with Crippen LogP contribution in [0.5, 0.6) is 0 Å². The molecule has 3 aromatic rings. The average Bonchev–Trinajstić information content (AvgIpc) is 3.17. The maximum atomic E-state index is 12.7. The Morgan fingerprint density at radius 2 is 2.07 bits per heavy atom. The largest absolute Gasteiger partial charge is 0.381 e. The van der Waals surface area contributed by atoms with Crippen LogP contribution >= 0.6 is 11.3 Å². The number of amides is 1. The standard InChI is InChI=1S/C22H24N4OS/c23-17-3-1-2-4-18(17)26-15-9-14-7-8-24-22(27)21(14)16(11-15)13-5-6-20-19(10-13)25-12-28-20/h5-6,9-12,17-18,26H,1-4,7-8,23H2,(H,24,27)/t17-,18+/m0/s1. The van der Waals surface area contributed by atoms with Crippen LogP contribution in [0.15, 0.2) is 35.8 Å². The predicted octanol–water partition coefficient (Wildman–Crippen LogP) is 3.93. The van der Waals surface area contributed by atoms with E-state index in [2.05, 4.69) is 45.9 Å². The smallest absolute Gasteiger partial charge is 0.252 e. The van der Waals surface area contributed by atoms with Crippen molar-refractivity contribution < 1.29 is 4.79 Å². The fourth-order valence-corrected chi connectivity index (χ4v) is 5.11. The molecule has 0 radical (unpaired) electrons. The van der Waals surface area contributed by atoms with Gasteiger partial charge in [-0.25, -0.2) is 4.98 Å². The van der Waals surface area contributed by atoms with Crippen LogP contribution in [0.1, 0.15) is 41.6 Å². The van der Waals surface area contributed by atoms with Crippen molar-refractivity contribution in [2.24, 2.45) is 5.73 Å². The summed E-state index contributed by atoms with van der Waals surface area (Å²) in [6.45, 7) is 0.683. The van der Waals surface area contributed by atoms with Crippen molar-refractivity contribution in [1.82, 2.24) is 10.3 Å². The summed E-state index contributed by atoms with van der Waals surface area (Å²) in [7, 11) is 0. The molecule has 1 aromatic heterocycles. The monoisotopic (exact) mass is 392 g/mol. The zero-order valence-corrected chi connectivity index (χ0v) is 16.5. The molecule has 144 valence electrons. The Morgan fingerprint density at radius 3 is 2.96 bits per heavy atom. The van der Waals surface area contributed by atoms with E-state index in [1.54, 1.807) is 11.3 Å². The molecule has 4 N–H and O–H groups in total. The second-order valence-electron chi connectivity index (χ2n) is 7.80. The van der Waals surface area contributed by atoms with Gasteiger partial charge in [-0.15, -0.1) is 11.3 Å². The minimum Gasteiger partial charge on any atom is -0.381 e. The number of aromatic nitrogens is 1. The van der Waals surface area contributed by atoms with Gasteiger partial charge >= 0.3 is 0 Å². The number of fused-ring (bicyclic) bond motifs is 2. The molecule has 2 heterocycles. The second kappa shape index (κ2) is 7.18. The average molecular weight is 393 g/mol. The molecule has 1 amide bonds. The van der Waals surface area contributed by atoms with Crippen molar-refractivity contribution in [3.63, 3.8) is 0 Å². The normalized spacial score (nSPS) is 22.0. The molecule has 0 bridgehead atoms. The lowest BCUT2D eigenvalue weighted by molar-refractivity contribution is 0.0947. The maximum absolute atomic E-state index is 12.7. The van der Waals surface area contributed by atoms with Gasteiger partial charge in [-0.05, 0) is 60.2 Å². The van der Waals surface area contributed by atoms with Crippen molar-refractivity contribution in [3.8, 4) is 11.1 Å². The van der Waals surface area contributed by atoms with Gasteiger partial charge in [0.1, 0.15) is 0 Å². The molecule has 28 heavy (non-hydrogen) atoms. The molecule has 2 aliphatic rings. The van der Waals surface area contributed by atoms with Gasteiger partial charge in [-0.3, -0.25) is 4.79 Å². The minimum absolute atomic E-state index is 0.00976. The molecule has 2 atom stereocenters. The minimum atomic E-state index is 0.00976. The summed E-state index contributed by atoms with van der Waals surface area (Å²) >= 11 is 1.63. The van der Waals surface area contributed by atoms with Crippen LogP contribution in [0, 0.1) is 0 Å². The lowest BCUT2D eigenvalue weighted by atomic mass is 9.88. The van der Waals surface area contributed by atoms with Gasteiger partial charge in [-0.1, -0.05) is 18.9 Å². The predicted molar refractivity (Wildman–Crippen MR) is 115 cm³/mol. The first-order chi connectivity index (χ1) is 13.7. The third-order valence-electron chi connectivity index (χ3n) is 5.94. The van der Waals surface area contributed by atoms with E-state index >= 15 is 0 Å². The van der Waals surface area contributed by atoms with Crippen molar-refractivity contribution in [3.05, 3.63) is 47.0 Å². The highest BCUT2D eigenvalue weighted by molar-refractivity contribution is 7.16. The molecular formula is C22H24N4OS. The zero-order valence-electron chi connectivity index (χ0n) is 15.7. The van der Waals surface area contributed by atoms with Crippen LogP contribution in [-0.2, 0) is 6.42 Å². The molecule has 0 unspecified atom stereocenters. The van der Waals surface area contributed by atoms with E-state index in [9.17, 15) is 4.79 Å². The topological polar surface area (TPSA) is 80.0 Å². The molecule has 1 aliphatic heterocycles. The fraction of sp³-hybridized carbons (Fsp3) is 0.364. The third-order valence-corrected chi connectivity index (χ3v) is 6.75. The van der Waals surface area contributed by atoms with Crippen molar-refractivity contribution >= 4 is 33.1 Å². The Kier molecular flexibility index (Phi) is 4.53. The summed E-state index contributed by atoms with van der Waals surface area (Å²) in [4.78, 5) is 17.1. The van der Waals surface area contributed by atoms with Gasteiger partial charge in [-0.2, -0.15) is 0 Å². The number of nitrogens with two attached hydrogens (primary N) is 1. The SMILES string of the molecule is N[C@H]1CCCC[C@H]1Nc1cc2c(c(-c3ccc4scnc4c3)c1)C(=O)NCC2. The molecule has 1 fully saturated rings. The number of nitrogens with zero attached hydrogens (tertiary/aromatic N) is 1. The second-order valence-corrected chi connectivity index (χ2v) is 8.68. The fourth-order valence-electron chi connectivity index (χ4n) is 4.46. The van der Waals surface area contributed by atoms with E-state index < -0.39 is 0 Å². The summed E-state index contributed by atoms with van der Waals surface area (Å²) < 4.78 is 1.16. The number of carbonyl (C=O) groups excluding carboxylic acids is 1. The van der Waals surface area contributed by atoms with E-state index in [1.165, 1.54) is 12.8 Å². The van der Waals surface area contributed by atoms with Crippen LogP contribution in [0.25, 0.3) is 21.3 Å². The highest BCUT2D eigenvalue weighted by atomic mass is 32.1. The molecule has 5 rings (SSSR count). The highest BCUT2D eigenvalue weighted by Crippen LogP contribution is 2.35. The number of nitrogens with one attached hydrogen (secondary N) is 2. The van der Waals surface area contributed by atoms with Crippen LogP contribution in [0.2, 0.25) is 0 Å². The van der Waals surface area contributed by atoms with E-state index in [1.807, 2.05) is 5.51 Å². The van der Waals surface area contributed by atoms with Gasteiger partial charge in [0, 0.05) is 24.3 Å². The molecule has 1 saturated carbocycles. The Labute approximate surface area is 168 Å².